The van der Waals surface area contributed by atoms with Crippen molar-refractivity contribution < 1.29 is 9.53 Å². The first-order valence-electron chi connectivity index (χ1n) is 9.73. The second-order valence-electron chi connectivity index (χ2n) is 6.86. The van der Waals surface area contributed by atoms with Gasteiger partial charge in [-0.25, -0.2) is 0 Å². The number of nitrogens with zero attached hydrogens (tertiary/aromatic N) is 3. The van der Waals surface area contributed by atoms with Gasteiger partial charge >= 0.3 is 0 Å². The maximum Gasteiger partial charge on any atom is 0.234 e. The van der Waals surface area contributed by atoms with Gasteiger partial charge in [-0.1, -0.05) is 47.6 Å². The van der Waals surface area contributed by atoms with Crippen molar-refractivity contribution in [3.05, 3.63) is 64.4 Å². The van der Waals surface area contributed by atoms with Gasteiger partial charge in [0.15, 0.2) is 17.1 Å². The molecule has 1 N–H and O–H groups in total. The zero-order valence-electron chi connectivity index (χ0n) is 17.5. The lowest BCUT2D eigenvalue weighted by Crippen LogP contribution is -2.15. The average molecular weight is 445 g/mol. The minimum absolute atomic E-state index is 0.153. The Morgan fingerprint density at radius 1 is 1.20 bits per heavy atom. The summed E-state index contributed by atoms with van der Waals surface area (Å²) in [5.74, 6) is 1.61. The number of hydrogen-bond acceptors (Lipinski definition) is 5. The molecular weight excluding hydrogens is 420 g/mol. The Bertz CT molecular complexity index is 1040. The van der Waals surface area contributed by atoms with Crippen molar-refractivity contribution in [2.24, 2.45) is 0 Å². The zero-order chi connectivity index (χ0) is 21.7. The predicted octanol–water partition coefficient (Wildman–Crippen LogP) is 5.44. The molecule has 1 amide bonds. The third-order valence-electron chi connectivity index (χ3n) is 4.76. The van der Waals surface area contributed by atoms with E-state index >= 15 is 0 Å². The van der Waals surface area contributed by atoms with Gasteiger partial charge in [-0.15, -0.1) is 10.2 Å². The molecule has 0 saturated heterocycles. The first-order chi connectivity index (χ1) is 14.4. The van der Waals surface area contributed by atoms with E-state index in [0.29, 0.717) is 22.4 Å². The number of ether oxygens (including phenoxy) is 1. The normalized spacial score (nSPS) is 11.9. The van der Waals surface area contributed by atoms with Crippen LogP contribution in [0.1, 0.15) is 36.9 Å². The molecule has 0 aliphatic rings. The van der Waals surface area contributed by atoms with Crippen LogP contribution >= 0.6 is 23.4 Å². The van der Waals surface area contributed by atoms with Crippen molar-refractivity contribution in [2.75, 3.05) is 11.1 Å². The number of anilines is 1. The van der Waals surface area contributed by atoms with E-state index in [2.05, 4.69) is 28.5 Å². The summed E-state index contributed by atoms with van der Waals surface area (Å²) in [6, 6.07) is 13.1. The highest BCUT2D eigenvalue weighted by Crippen LogP contribution is 2.28. The molecule has 6 nitrogen and oxygen atoms in total. The summed E-state index contributed by atoms with van der Waals surface area (Å²) in [5.41, 5.74) is 2.88. The molecule has 1 heterocycles. The van der Waals surface area contributed by atoms with Crippen molar-refractivity contribution in [3.8, 4) is 5.75 Å². The molecular formula is C22H25ClN4O2S. The number of thioether (sulfide) groups is 1. The minimum atomic E-state index is -0.274. The van der Waals surface area contributed by atoms with E-state index in [4.69, 9.17) is 16.3 Å². The fourth-order valence-corrected chi connectivity index (χ4v) is 3.97. The average Bonchev–Trinajstić information content (AvgIpc) is 3.14. The first kappa shape index (κ1) is 22.2. The molecule has 1 atom stereocenters. The molecule has 0 spiro atoms. The van der Waals surface area contributed by atoms with Gasteiger partial charge in [0.25, 0.3) is 0 Å². The minimum Gasteiger partial charge on any atom is -0.482 e. The molecule has 158 valence electrons. The van der Waals surface area contributed by atoms with E-state index in [1.165, 1.54) is 17.3 Å². The number of aryl methyl sites for hydroxylation is 1. The largest absolute Gasteiger partial charge is 0.482 e. The standard InChI is InChI=1S/C22H25ClN4O2S/c1-5-27-21(16(4)29-19-12-8-9-14(2)15(19)3)25-26-22(27)30-13-20(28)24-18-11-7-6-10-17(18)23/h6-12,16H,5,13H2,1-4H3,(H,24,28). The van der Waals surface area contributed by atoms with E-state index < -0.39 is 0 Å². The predicted molar refractivity (Wildman–Crippen MR) is 121 cm³/mol. The van der Waals surface area contributed by atoms with Gasteiger partial charge in [-0.2, -0.15) is 0 Å². The summed E-state index contributed by atoms with van der Waals surface area (Å²) in [6.45, 7) is 8.75. The number of para-hydroxylation sites is 1. The molecule has 3 aromatic rings. The molecule has 1 aromatic heterocycles. The number of carbonyl (C=O) groups excluding carboxylic acids is 1. The fourth-order valence-electron chi connectivity index (χ4n) is 2.98. The van der Waals surface area contributed by atoms with E-state index in [9.17, 15) is 4.79 Å². The quantitative estimate of drug-likeness (QED) is 0.468. The Hall–Kier alpha value is -2.51. The molecule has 0 aliphatic heterocycles. The zero-order valence-corrected chi connectivity index (χ0v) is 19.0. The number of hydrogen-bond donors (Lipinski definition) is 1. The van der Waals surface area contributed by atoms with Crippen molar-refractivity contribution in [2.45, 2.75) is 45.5 Å². The van der Waals surface area contributed by atoms with Crippen molar-refractivity contribution >= 4 is 35.0 Å². The second kappa shape index (κ2) is 10.00. The van der Waals surface area contributed by atoms with Crippen LogP contribution < -0.4 is 10.1 Å². The molecule has 0 bridgehead atoms. The van der Waals surface area contributed by atoms with Crippen molar-refractivity contribution in [1.29, 1.82) is 0 Å². The summed E-state index contributed by atoms with van der Waals surface area (Å²) in [7, 11) is 0. The van der Waals surface area contributed by atoms with Crippen molar-refractivity contribution in [1.82, 2.24) is 14.8 Å². The van der Waals surface area contributed by atoms with E-state index in [1.807, 2.05) is 49.6 Å². The number of benzene rings is 2. The second-order valence-corrected chi connectivity index (χ2v) is 8.21. The molecule has 30 heavy (non-hydrogen) atoms. The molecule has 8 heteroatoms. The lowest BCUT2D eigenvalue weighted by Gasteiger charge is -2.17. The highest BCUT2D eigenvalue weighted by Gasteiger charge is 2.20. The SMILES string of the molecule is CCn1c(SCC(=O)Nc2ccccc2Cl)nnc1C(C)Oc1cccc(C)c1C. The highest BCUT2D eigenvalue weighted by atomic mass is 35.5. The van der Waals surface area contributed by atoms with Crippen LogP contribution in [0.2, 0.25) is 5.02 Å². The Labute approximate surface area is 186 Å². The molecule has 2 aromatic carbocycles. The van der Waals surface area contributed by atoms with Crippen LogP contribution in [0.4, 0.5) is 5.69 Å². The van der Waals surface area contributed by atoms with E-state index in [-0.39, 0.29) is 17.8 Å². The maximum atomic E-state index is 12.3. The highest BCUT2D eigenvalue weighted by molar-refractivity contribution is 7.99. The van der Waals surface area contributed by atoms with Gasteiger partial charge in [0.05, 0.1) is 16.5 Å². The van der Waals surface area contributed by atoms with Crippen LogP contribution in [-0.4, -0.2) is 26.4 Å². The summed E-state index contributed by atoms with van der Waals surface area (Å²) in [6.07, 6.45) is -0.274. The van der Waals surface area contributed by atoms with Crippen LogP contribution in [0, 0.1) is 13.8 Å². The number of carbonyl (C=O) groups is 1. The van der Waals surface area contributed by atoms with Gasteiger partial charge < -0.3 is 14.6 Å². The van der Waals surface area contributed by atoms with E-state index in [0.717, 1.165) is 17.1 Å². The first-order valence-corrected chi connectivity index (χ1v) is 11.1. The van der Waals surface area contributed by atoms with Gasteiger partial charge in [0.2, 0.25) is 5.91 Å². The number of halogens is 1. The Balaban J connectivity index is 1.67. The van der Waals surface area contributed by atoms with Crippen LogP contribution in [0.3, 0.4) is 0 Å². The molecule has 1 unspecified atom stereocenters. The summed E-state index contributed by atoms with van der Waals surface area (Å²) < 4.78 is 8.13. The number of amides is 1. The Kier molecular flexibility index (Phi) is 7.39. The van der Waals surface area contributed by atoms with E-state index in [1.54, 1.807) is 12.1 Å². The molecule has 0 fully saturated rings. The third kappa shape index (κ3) is 5.15. The molecule has 0 aliphatic carbocycles. The third-order valence-corrected chi connectivity index (χ3v) is 6.06. The molecule has 0 saturated carbocycles. The number of aromatic nitrogens is 3. The van der Waals surface area contributed by atoms with Gasteiger partial charge in [-0.05, 0) is 57.0 Å². The lowest BCUT2D eigenvalue weighted by atomic mass is 10.1. The Morgan fingerprint density at radius 3 is 2.70 bits per heavy atom. The number of rotatable bonds is 8. The summed E-state index contributed by atoms with van der Waals surface area (Å²) in [4.78, 5) is 12.3. The van der Waals surface area contributed by atoms with Crippen LogP contribution in [0.5, 0.6) is 5.75 Å². The number of nitrogens with one attached hydrogen (secondary N) is 1. The summed E-state index contributed by atoms with van der Waals surface area (Å²) >= 11 is 7.43. The molecule has 0 radical (unpaired) electrons. The van der Waals surface area contributed by atoms with Crippen molar-refractivity contribution in [3.63, 3.8) is 0 Å². The lowest BCUT2D eigenvalue weighted by molar-refractivity contribution is -0.113. The topological polar surface area (TPSA) is 69.0 Å². The van der Waals surface area contributed by atoms with Crippen LogP contribution in [0.25, 0.3) is 0 Å². The van der Waals surface area contributed by atoms with Gasteiger partial charge in [-0.3, -0.25) is 4.79 Å². The van der Waals surface area contributed by atoms with Crippen LogP contribution in [-0.2, 0) is 11.3 Å². The van der Waals surface area contributed by atoms with Gasteiger partial charge in [0.1, 0.15) is 5.75 Å². The maximum absolute atomic E-state index is 12.3. The monoisotopic (exact) mass is 444 g/mol. The van der Waals surface area contributed by atoms with Gasteiger partial charge in [0, 0.05) is 6.54 Å². The smallest absolute Gasteiger partial charge is 0.234 e. The van der Waals surface area contributed by atoms with Crippen LogP contribution in [0.15, 0.2) is 47.6 Å². The molecule has 3 rings (SSSR count). The fraction of sp³-hybridized carbons (Fsp3) is 0.318. The Morgan fingerprint density at radius 2 is 1.97 bits per heavy atom. The summed E-state index contributed by atoms with van der Waals surface area (Å²) in [5, 5.41) is 12.6.